The molecular weight excluding hydrogens is 318 g/mol. The molecular formula is C20H25NO4. The van der Waals surface area contributed by atoms with Gasteiger partial charge in [-0.25, -0.2) is 0 Å². The summed E-state index contributed by atoms with van der Waals surface area (Å²) in [6, 6.07) is 11.1. The fourth-order valence-electron chi connectivity index (χ4n) is 2.76. The third kappa shape index (κ3) is 3.87. The van der Waals surface area contributed by atoms with Crippen LogP contribution in [-0.4, -0.2) is 45.2 Å². The molecule has 0 fully saturated rings. The fraction of sp³-hybridized carbons (Fsp3) is 0.350. The highest BCUT2D eigenvalue weighted by atomic mass is 16.5. The van der Waals surface area contributed by atoms with E-state index in [-0.39, 0.29) is 5.91 Å². The van der Waals surface area contributed by atoms with Gasteiger partial charge in [0.1, 0.15) is 17.2 Å². The first-order valence-corrected chi connectivity index (χ1v) is 8.29. The van der Waals surface area contributed by atoms with E-state index >= 15 is 0 Å². The van der Waals surface area contributed by atoms with E-state index in [1.165, 1.54) is 0 Å². The van der Waals surface area contributed by atoms with Gasteiger partial charge in [0.2, 0.25) is 0 Å². The smallest absolute Gasteiger partial charge is 0.254 e. The molecule has 0 heterocycles. The topological polar surface area (TPSA) is 48.0 Å². The van der Waals surface area contributed by atoms with Crippen LogP contribution in [0.15, 0.2) is 36.4 Å². The molecule has 0 aliphatic heterocycles. The third-order valence-electron chi connectivity index (χ3n) is 4.21. The van der Waals surface area contributed by atoms with Crippen molar-refractivity contribution >= 4 is 5.91 Å². The van der Waals surface area contributed by atoms with E-state index in [0.29, 0.717) is 35.9 Å². The minimum absolute atomic E-state index is 0.0308. The van der Waals surface area contributed by atoms with Gasteiger partial charge < -0.3 is 19.1 Å². The van der Waals surface area contributed by atoms with Crippen molar-refractivity contribution in [2.45, 2.75) is 13.8 Å². The van der Waals surface area contributed by atoms with Crippen molar-refractivity contribution < 1.29 is 19.0 Å². The number of ether oxygens (including phenoxy) is 3. The molecule has 1 amide bonds. The largest absolute Gasteiger partial charge is 0.497 e. The number of amides is 1. The van der Waals surface area contributed by atoms with Gasteiger partial charge in [0.15, 0.2) is 0 Å². The lowest BCUT2D eigenvalue weighted by Crippen LogP contribution is -2.30. The van der Waals surface area contributed by atoms with Gasteiger partial charge in [0, 0.05) is 24.7 Å². The van der Waals surface area contributed by atoms with Crippen LogP contribution in [0.2, 0.25) is 0 Å². The zero-order valence-corrected chi connectivity index (χ0v) is 15.5. The predicted molar refractivity (Wildman–Crippen MR) is 98.8 cm³/mol. The average molecular weight is 343 g/mol. The Labute approximate surface area is 149 Å². The molecule has 0 unspecified atom stereocenters. The number of carbonyl (C=O) groups excluding carboxylic acids is 1. The molecule has 2 rings (SSSR count). The van der Waals surface area contributed by atoms with Crippen molar-refractivity contribution in [3.05, 3.63) is 42.0 Å². The van der Waals surface area contributed by atoms with Crippen molar-refractivity contribution in [2.24, 2.45) is 0 Å². The van der Waals surface area contributed by atoms with E-state index in [9.17, 15) is 4.79 Å². The number of hydrogen-bond acceptors (Lipinski definition) is 4. The summed E-state index contributed by atoms with van der Waals surface area (Å²) in [6.45, 7) is 5.22. The van der Waals surface area contributed by atoms with Gasteiger partial charge in [-0.05, 0) is 49.7 Å². The highest BCUT2D eigenvalue weighted by molar-refractivity contribution is 6.02. The molecule has 0 aliphatic rings. The van der Waals surface area contributed by atoms with Crippen LogP contribution in [0.4, 0.5) is 0 Å². The highest BCUT2D eigenvalue weighted by Gasteiger charge is 2.20. The van der Waals surface area contributed by atoms with E-state index in [1.807, 2.05) is 44.2 Å². The van der Waals surface area contributed by atoms with Gasteiger partial charge in [0.05, 0.1) is 26.9 Å². The normalized spacial score (nSPS) is 10.3. The van der Waals surface area contributed by atoms with Crippen LogP contribution in [0.5, 0.6) is 17.2 Å². The Hall–Kier alpha value is -2.69. The fourth-order valence-corrected chi connectivity index (χ4v) is 2.76. The molecule has 0 aromatic heterocycles. The van der Waals surface area contributed by atoms with Gasteiger partial charge in [-0.3, -0.25) is 4.79 Å². The number of carbonyl (C=O) groups is 1. The summed E-state index contributed by atoms with van der Waals surface area (Å²) in [6.07, 6.45) is 0. The third-order valence-corrected chi connectivity index (χ3v) is 4.21. The van der Waals surface area contributed by atoms with E-state index in [2.05, 4.69) is 0 Å². The van der Waals surface area contributed by atoms with Crippen molar-refractivity contribution in [1.82, 2.24) is 4.90 Å². The summed E-state index contributed by atoms with van der Waals surface area (Å²) in [5.41, 5.74) is 2.23. The van der Waals surface area contributed by atoms with Crippen molar-refractivity contribution in [3.63, 3.8) is 0 Å². The Morgan fingerprint density at radius 2 is 1.40 bits per heavy atom. The Kier molecular flexibility index (Phi) is 6.28. The maximum absolute atomic E-state index is 13.0. The first kappa shape index (κ1) is 18.6. The number of benzene rings is 2. The molecule has 2 aromatic rings. The molecule has 25 heavy (non-hydrogen) atoms. The molecule has 0 saturated heterocycles. The van der Waals surface area contributed by atoms with E-state index < -0.39 is 0 Å². The number of hydrogen-bond donors (Lipinski definition) is 0. The second-order valence-corrected chi connectivity index (χ2v) is 5.46. The van der Waals surface area contributed by atoms with Gasteiger partial charge in [-0.1, -0.05) is 0 Å². The highest BCUT2D eigenvalue weighted by Crippen LogP contribution is 2.37. The molecule has 0 N–H and O–H groups in total. The molecule has 0 radical (unpaired) electrons. The Balaban J connectivity index is 2.63. The Bertz CT molecular complexity index is 738. The summed E-state index contributed by atoms with van der Waals surface area (Å²) in [7, 11) is 4.81. The first-order chi connectivity index (χ1) is 12.1. The van der Waals surface area contributed by atoms with E-state index in [1.54, 1.807) is 32.3 Å². The predicted octanol–water partition coefficient (Wildman–Crippen LogP) is 3.86. The van der Waals surface area contributed by atoms with Crippen LogP contribution in [0.3, 0.4) is 0 Å². The molecule has 134 valence electrons. The molecule has 5 heteroatoms. The van der Waals surface area contributed by atoms with Crippen molar-refractivity contribution in [2.75, 3.05) is 34.4 Å². The second-order valence-electron chi connectivity index (χ2n) is 5.46. The summed E-state index contributed by atoms with van der Waals surface area (Å²) < 4.78 is 16.1. The van der Waals surface area contributed by atoms with Crippen LogP contribution in [0.1, 0.15) is 24.2 Å². The molecule has 2 aromatic carbocycles. The quantitative estimate of drug-likeness (QED) is 0.766. The van der Waals surface area contributed by atoms with E-state index in [4.69, 9.17) is 14.2 Å². The lowest BCUT2D eigenvalue weighted by atomic mass is 9.97. The molecule has 0 saturated carbocycles. The SMILES string of the molecule is CCN(CC)C(=O)c1cc(OC)ccc1-c1ccc(OC)cc1OC. The Morgan fingerprint density at radius 3 is 1.92 bits per heavy atom. The van der Waals surface area contributed by atoms with Crippen LogP contribution in [-0.2, 0) is 0 Å². The lowest BCUT2D eigenvalue weighted by molar-refractivity contribution is 0.0773. The number of nitrogens with zero attached hydrogens (tertiary/aromatic N) is 1. The minimum Gasteiger partial charge on any atom is -0.497 e. The Morgan fingerprint density at radius 1 is 0.840 bits per heavy atom. The zero-order valence-electron chi connectivity index (χ0n) is 15.5. The van der Waals surface area contributed by atoms with Crippen LogP contribution in [0.25, 0.3) is 11.1 Å². The minimum atomic E-state index is -0.0308. The molecule has 0 bridgehead atoms. The summed E-state index contributed by atoms with van der Waals surface area (Å²) in [5.74, 6) is 1.97. The molecule has 0 spiro atoms. The summed E-state index contributed by atoms with van der Waals surface area (Å²) in [4.78, 5) is 14.8. The van der Waals surface area contributed by atoms with Crippen molar-refractivity contribution in [1.29, 1.82) is 0 Å². The van der Waals surface area contributed by atoms with Crippen LogP contribution >= 0.6 is 0 Å². The second kappa shape index (κ2) is 8.42. The van der Waals surface area contributed by atoms with Gasteiger partial charge in [0.25, 0.3) is 5.91 Å². The van der Waals surface area contributed by atoms with Gasteiger partial charge in [-0.15, -0.1) is 0 Å². The summed E-state index contributed by atoms with van der Waals surface area (Å²) >= 11 is 0. The lowest BCUT2D eigenvalue weighted by Gasteiger charge is -2.21. The van der Waals surface area contributed by atoms with Crippen molar-refractivity contribution in [3.8, 4) is 28.4 Å². The number of rotatable bonds is 7. The zero-order chi connectivity index (χ0) is 18.4. The summed E-state index contributed by atoms with van der Waals surface area (Å²) in [5, 5.41) is 0. The number of methoxy groups -OCH3 is 3. The monoisotopic (exact) mass is 343 g/mol. The first-order valence-electron chi connectivity index (χ1n) is 8.29. The maximum atomic E-state index is 13.0. The standard InChI is InChI=1S/C20H25NO4/c1-6-21(7-2)20(22)18-12-14(23-3)8-10-16(18)17-11-9-15(24-4)13-19(17)25-5/h8-13H,6-7H2,1-5H3. The van der Waals surface area contributed by atoms with Crippen LogP contribution < -0.4 is 14.2 Å². The molecule has 5 nitrogen and oxygen atoms in total. The van der Waals surface area contributed by atoms with Crippen LogP contribution in [0, 0.1) is 0 Å². The van der Waals surface area contributed by atoms with Gasteiger partial charge in [-0.2, -0.15) is 0 Å². The molecule has 0 atom stereocenters. The average Bonchev–Trinajstić information content (AvgIpc) is 2.67. The van der Waals surface area contributed by atoms with Gasteiger partial charge >= 0.3 is 0 Å². The van der Waals surface area contributed by atoms with E-state index in [0.717, 1.165) is 11.1 Å². The molecule has 0 aliphatic carbocycles. The maximum Gasteiger partial charge on any atom is 0.254 e.